The van der Waals surface area contributed by atoms with Crippen LogP contribution in [0.15, 0.2) is 121 Å². The van der Waals surface area contributed by atoms with E-state index in [1.54, 1.807) is 23.6 Å². The highest BCUT2D eigenvalue weighted by Gasteiger charge is 2.32. The van der Waals surface area contributed by atoms with Gasteiger partial charge in [0.25, 0.3) is 11.5 Å². The van der Waals surface area contributed by atoms with Crippen molar-refractivity contribution in [2.24, 2.45) is 4.99 Å². The first kappa shape index (κ1) is 26.3. The van der Waals surface area contributed by atoms with Crippen molar-refractivity contribution in [3.8, 4) is 11.3 Å². The van der Waals surface area contributed by atoms with Crippen LogP contribution in [-0.4, -0.2) is 10.5 Å². The topological polar surface area (TPSA) is 76.6 Å². The summed E-state index contributed by atoms with van der Waals surface area (Å²) in [5, 5.41) is 3.57. The van der Waals surface area contributed by atoms with E-state index >= 15 is 0 Å². The van der Waals surface area contributed by atoms with Gasteiger partial charge in [-0.2, -0.15) is 0 Å². The van der Waals surface area contributed by atoms with Crippen molar-refractivity contribution in [1.82, 2.24) is 4.57 Å². The molecule has 40 heavy (non-hydrogen) atoms. The third-order valence-electron chi connectivity index (χ3n) is 6.49. The Bertz CT molecular complexity index is 1960. The number of allylic oxidation sites excluding steroid dienone is 1. The zero-order valence-electron chi connectivity index (χ0n) is 21.1. The highest BCUT2D eigenvalue weighted by Crippen LogP contribution is 2.31. The Morgan fingerprint density at radius 1 is 1.05 bits per heavy atom. The number of rotatable bonds is 5. The van der Waals surface area contributed by atoms with E-state index in [0.717, 1.165) is 15.6 Å². The maximum Gasteiger partial charge on any atom is 0.271 e. The van der Waals surface area contributed by atoms with Gasteiger partial charge in [0.1, 0.15) is 11.5 Å². The third-order valence-corrected chi connectivity index (χ3v) is 8.24. The summed E-state index contributed by atoms with van der Waals surface area (Å²) in [6, 6.07) is 27.2. The van der Waals surface area contributed by atoms with Gasteiger partial charge in [-0.1, -0.05) is 81.3 Å². The van der Waals surface area contributed by atoms with E-state index in [0.29, 0.717) is 42.8 Å². The number of anilines is 1. The van der Waals surface area contributed by atoms with Crippen LogP contribution in [0.2, 0.25) is 5.02 Å². The van der Waals surface area contributed by atoms with Gasteiger partial charge in [0.05, 0.1) is 21.8 Å². The molecule has 3 heterocycles. The Balaban J connectivity index is 1.45. The lowest BCUT2D eigenvalue weighted by Crippen LogP contribution is -2.40. The summed E-state index contributed by atoms with van der Waals surface area (Å²) in [4.78, 5) is 32.7. The summed E-state index contributed by atoms with van der Waals surface area (Å²) in [5.41, 5.74) is 3.00. The molecular weight excluding hydrogens is 610 g/mol. The molecule has 198 valence electrons. The number of benzene rings is 3. The quantitative estimate of drug-likeness (QED) is 0.239. The molecule has 1 atom stereocenters. The predicted octanol–water partition coefficient (Wildman–Crippen LogP) is 6.55. The molecule has 5 aromatic rings. The lowest BCUT2D eigenvalue weighted by Gasteiger charge is -2.25. The summed E-state index contributed by atoms with van der Waals surface area (Å²) < 4.78 is 8.96. The Kier molecular flexibility index (Phi) is 7.14. The van der Waals surface area contributed by atoms with Crippen LogP contribution in [0.5, 0.6) is 0 Å². The second-order valence-electron chi connectivity index (χ2n) is 9.17. The number of furan rings is 1. The van der Waals surface area contributed by atoms with Crippen molar-refractivity contribution >= 4 is 56.5 Å². The van der Waals surface area contributed by atoms with Gasteiger partial charge in [0.15, 0.2) is 4.80 Å². The summed E-state index contributed by atoms with van der Waals surface area (Å²) in [6.07, 6.45) is 1.71. The molecule has 0 aliphatic carbocycles. The number of carbonyl (C=O) groups is 1. The molecule has 6 rings (SSSR count). The van der Waals surface area contributed by atoms with E-state index in [2.05, 4.69) is 21.2 Å². The molecule has 3 aromatic carbocycles. The minimum atomic E-state index is -0.658. The fraction of sp³-hybridized carbons (Fsp3) is 0.0645. The Labute approximate surface area is 246 Å². The van der Waals surface area contributed by atoms with Crippen LogP contribution in [0, 0.1) is 0 Å². The summed E-state index contributed by atoms with van der Waals surface area (Å²) >= 11 is 10.9. The largest absolute Gasteiger partial charge is 0.457 e. The minimum absolute atomic E-state index is 0.255. The zero-order valence-corrected chi connectivity index (χ0v) is 24.3. The number of halogens is 2. The molecule has 1 aliphatic rings. The molecule has 0 radical (unpaired) electrons. The van der Waals surface area contributed by atoms with Gasteiger partial charge >= 0.3 is 0 Å². The normalized spacial score (nSPS) is 15.1. The van der Waals surface area contributed by atoms with Crippen molar-refractivity contribution < 1.29 is 9.21 Å². The molecule has 0 spiro atoms. The number of thiazole rings is 1. The van der Waals surface area contributed by atoms with Crippen molar-refractivity contribution in [3.63, 3.8) is 0 Å². The number of carbonyl (C=O) groups excluding carboxylic acids is 1. The number of aromatic nitrogens is 1. The average molecular weight is 631 g/mol. The minimum Gasteiger partial charge on any atom is -0.457 e. The van der Waals surface area contributed by atoms with E-state index in [1.807, 2.05) is 84.9 Å². The monoisotopic (exact) mass is 629 g/mol. The second kappa shape index (κ2) is 10.9. The molecule has 1 amide bonds. The molecule has 1 aliphatic heterocycles. The molecule has 0 fully saturated rings. The molecule has 9 heteroatoms. The smallest absolute Gasteiger partial charge is 0.271 e. The van der Waals surface area contributed by atoms with Crippen LogP contribution in [0.1, 0.15) is 24.3 Å². The highest BCUT2D eigenvalue weighted by atomic mass is 79.9. The number of hydrogen-bond acceptors (Lipinski definition) is 5. The molecule has 0 saturated carbocycles. The number of amides is 1. The lowest BCUT2D eigenvalue weighted by molar-refractivity contribution is -0.113. The van der Waals surface area contributed by atoms with Crippen molar-refractivity contribution in [2.75, 3.05) is 5.32 Å². The number of nitrogens with zero attached hydrogens (tertiary/aromatic N) is 2. The standard InChI is InChI=1S/C31H21BrClN3O3S/c1-18-27(29(37)35-23-8-3-2-4-9-23)28(19-10-12-21(32)13-11-19)36-30(38)26(40-31(36)34-18)17-24-14-15-25(39-24)20-6-5-7-22(33)16-20/h2-17,28H,1H3,(H,35,37)/b26-17+. The first-order chi connectivity index (χ1) is 19.4. The SMILES string of the molecule is CC1=C(C(=O)Nc2ccccc2)C(c2ccc(Br)cc2)n2c(s/c(=C/c3ccc(-c4cccc(Cl)c4)o3)c2=O)=N1. The average Bonchev–Trinajstić information content (AvgIpc) is 3.53. The van der Waals surface area contributed by atoms with Crippen molar-refractivity contribution in [2.45, 2.75) is 13.0 Å². The molecule has 1 unspecified atom stereocenters. The summed E-state index contributed by atoms with van der Waals surface area (Å²) in [6.45, 7) is 1.80. The van der Waals surface area contributed by atoms with Gasteiger partial charge in [0.2, 0.25) is 0 Å². The second-order valence-corrected chi connectivity index (χ2v) is 11.5. The summed E-state index contributed by atoms with van der Waals surface area (Å²) in [5.74, 6) is 0.856. The van der Waals surface area contributed by atoms with Gasteiger partial charge < -0.3 is 9.73 Å². The Morgan fingerprint density at radius 2 is 1.82 bits per heavy atom. The number of hydrogen-bond donors (Lipinski definition) is 1. The highest BCUT2D eigenvalue weighted by molar-refractivity contribution is 9.10. The lowest BCUT2D eigenvalue weighted by atomic mass is 9.95. The number of nitrogens with one attached hydrogen (secondary N) is 1. The Morgan fingerprint density at radius 3 is 2.58 bits per heavy atom. The van der Waals surface area contributed by atoms with E-state index in [-0.39, 0.29) is 11.5 Å². The zero-order chi connectivity index (χ0) is 27.8. The third kappa shape index (κ3) is 5.13. The Hall–Kier alpha value is -3.98. The van der Waals surface area contributed by atoms with Crippen LogP contribution in [-0.2, 0) is 4.79 Å². The van der Waals surface area contributed by atoms with E-state index in [9.17, 15) is 9.59 Å². The fourth-order valence-electron chi connectivity index (χ4n) is 4.65. The molecule has 0 saturated heterocycles. The van der Waals surface area contributed by atoms with E-state index in [4.69, 9.17) is 21.0 Å². The summed E-state index contributed by atoms with van der Waals surface area (Å²) in [7, 11) is 0. The van der Waals surface area contributed by atoms with Crippen LogP contribution in [0.4, 0.5) is 5.69 Å². The van der Waals surface area contributed by atoms with E-state index < -0.39 is 6.04 Å². The first-order valence-corrected chi connectivity index (χ1v) is 14.4. The predicted molar refractivity (Wildman–Crippen MR) is 162 cm³/mol. The maximum atomic E-state index is 13.9. The van der Waals surface area contributed by atoms with Crippen LogP contribution < -0.4 is 20.2 Å². The van der Waals surface area contributed by atoms with Gasteiger partial charge in [-0.15, -0.1) is 0 Å². The molecule has 0 bridgehead atoms. The molecule has 6 nitrogen and oxygen atoms in total. The van der Waals surface area contributed by atoms with Crippen molar-refractivity contribution in [1.29, 1.82) is 0 Å². The van der Waals surface area contributed by atoms with Gasteiger partial charge in [-0.25, -0.2) is 4.99 Å². The van der Waals surface area contributed by atoms with Crippen LogP contribution in [0.3, 0.4) is 0 Å². The van der Waals surface area contributed by atoms with Crippen LogP contribution in [0.25, 0.3) is 17.4 Å². The van der Waals surface area contributed by atoms with Crippen LogP contribution >= 0.6 is 38.9 Å². The number of para-hydroxylation sites is 1. The van der Waals surface area contributed by atoms with Gasteiger partial charge in [-0.05, 0) is 61.0 Å². The van der Waals surface area contributed by atoms with E-state index in [1.165, 1.54) is 11.3 Å². The molecule has 2 aromatic heterocycles. The number of fused-ring (bicyclic) bond motifs is 1. The molecular formula is C31H21BrClN3O3S. The first-order valence-electron chi connectivity index (χ1n) is 12.4. The fourth-order valence-corrected chi connectivity index (χ4v) is 6.13. The van der Waals surface area contributed by atoms with Gasteiger partial charge in [-0.3, -0.25) is 14.2 Å². The maximum absolute atomic E-state index is 13.9. The van der Waals surface area contributed by atoms with Gasteiger partial charge in [0, 0.05) is 26.8 Å². The van der Waals surface area contributed by atoms with Crippen molar-refractivity contribution in [3.05, 3.63) is 143 Å². The molecule has 1 N–H and O–H groups in total.